The van der Waals surface area contributed by atoms with E-state index in [1.807, 2.05) is 66.7 Å². The maximum Gasteiger partial charge on any atom is 0.265 e. The molecule has 0 saturated heterocycles. The van der Waals surface area contributed by atoms with Crippen LogP contribution in [0.3, 0.4) is 0 Å². The average Bonchev–Trinajstić information content (AvgIpc) is 3.75. The molecule has 9 rings (SSSR count). The first-order chi connectivity index (χ1) is 25.9. The molecule has 9 heteroatoms. The molecule has 1 aromatic heterocycles. The van der Waals surface area contributed by atoms with Crippen molar-refractivity contribution >= 4 is 22.3 Å². The van der Waals surface area contributed by atoms with E-state index in [4.69, 9.17) is 18.7 Å². The van der Waals surface area contributed by atoms with Crippen LogP contribution in [0.15, 0.2) is 82.9 Å². The van der Waals surface area contributed by atoms with E-state index < -0.39 is 34.6 Å². The highest BCUT2D eigenvalue weighted by molar-refractivity contribution is 6.27. The Morgan fingerprint density at radius 3 is 2.20 bits per heavy atom. The number of ketones is 2. The van der Waals surface area contributed by atoms with E-state index >= 15 is 4.79 Å². The molecule has 276 valence electrons. The Bertz CT molecular complexity index is 2410. The van der Waals surface area contributed by atoms with E-state index in [0.29, 0.717) is 23.1 Å². The van der Waals surface area contributed by atoms with Gasteiger partial charge in [-0.2, -0.15) is 0 Å². The van der Waals surface area contributed by atoms with Crippen molar-refractivity contribution in [3.63, 3.8) is 0 Å². The van der Waals surface area contributed by atoms with Crippen molar-refractivity contribution < 1.29 is 38.5 Å². The average molecular weight is 726 g/mol. The molecule has 0 amide bonds. The Kier molecular flexibility index (Phi) is 7.75. The van der Waals surface area contributed by atoms with Gasteiger partial charge in [-0.15, -0.1) is 0 Å². The standard InChI is InChI=1S/C45H43NO8/c1-24-19-30(52-22-26-14-8-6-9-15-26)34-32-28(21-44(37(24)32)25(2)13-12-18-43(44,3)4)33-36(38(34)47)41(49)45(50)29(39(33)51-5)20-31-35(40(45)48)42(46-54-31)53-23-27-16-10-7-11-17-27/h6-11,13-17,19,29,39,47,50H,12,18,20-23H2,1-5H3/t29-,39+,44+,45-/m1/s1. The minimum Gasteiger partial charge on any atom is -0.506 e. The first-order valence-electron chi connectivity index (χ1n) is 18.6. The summed E-state index contributed by atoms with van der Waals surface area (Å²) in [6.07, 6.45) is 3.81. The van der Waals surface area contributed by atoms with Gasteiger partial charge in [-0.05, 0) is 88.5 Å². The third kappa shape index (κ3) is 4.54. The summed E-state index contributed by atoms with van der Waals surface area (Å²) in [6.45, 7) is 9.21. The minimum atomic E-state index is -2.59. The number of ether oxygens (including phenoxy) is 3. The number of hydrogen-bond acceptors (Lipinski definition) is 9. The van der Waals surface area contributed by atoms with E-state index in [2.05, 4.69) is 38.9 Å². The van der Waals surface area contributed by atoms with Crippen molar-refractivity contribution in [3.8, 4) is 17.4 Å². The number of benzene rings is 4. The van der Waals surface area contributed by atoms with E-state index in [1.54, 1.807) is 0 Å². The van der Waals surface area contributed by atoms with Gasteiger partial charge in [0.1, 0.15) is 30.3 Å². The fraction of sp³-hybridized carbons (Fsp3) is 0.356. The number of Topliss-reactive ketones (excluding diaryl/α,β-unsaturated/α-hetero) is 2. The maximum absolute atomic E-state index is 15.1. The van der Waals surface area contributed by atoms with Crippen LogP contribution >= 0.6 is 0 Å². The van der Waals surface area contributed by atoms with E-state index in [9.17, 15) is 15.0 Å². The molecule has 0 aliphatic heterocycles. The molecular weight excluding hydrogens is 682 g/mol. The Labute approximate surface area is 313 Å². The molecule has 4 aliphatic carbocycles. The maximum atomic E-state index is 15.1. The molecule has 4 aromatic carbocycles. The van der Waals surface area contributed by atoms with Gasteiger partial charge >= 0.3 is 0 Å². The van der Waals surface area contributed by atoms with Crippen LogP contribution in [0.25, 0.3) is 10.8 Å². The zero-order valence-electron chi connectivity index (χ0n) is 31.1. The van der Waals surface area contributed by atoms with Gasteiger partial charge in [0.2, 0.25) is 11.6 Å². The summed E-state index contributed by atoms with van der Waals surface area (Å²) < 4.78 is 24.4. The summed E-state index contributed by atoms with van der Waals surface area (Å²) in [4.78, 5) is 29.7. The van der Waals surface area contributed by atoms with Crippen LogP contribution in [0.1, 0.15) is 99.6 Å². The molecular formula is C45H43NO8. The van der Waals surface area contributed by atoms with Crippen LogP contribution in [-0.2, 0) is 36.2 Å². The molecule has 54 heavy (non-hydrogen) atoms. The molecule has 1 spiro atoms. The number of rotatable bonds is 7. The quantitative estimate of drug-likeness (QED) is 0.126. The van der Waals surface area contributed by atoms with E-state index in [0.717, 1.165) is 46.0 Å². The summed E-state index contributed by atoms with van der Waals surface area (Å²) in [5.41, 5.74) is 3.11. The number of carbonyl (C=O) groups excluding carboxylic acids is 2. The Morgan fingerprint density at radius 2 is 1.56 bits per heavy atom. The van der Waals surface area contributed by atoms with Crippen LogP contribution in [0.5, 0.6) is 17.4 Å². The summed E-state index contributed by atoms with van der Waals surface area (Å²) in [5.74, 6) is -2.61. The Balaban J connectivity index is 1.25. The van der Waals surface area contributed by atoms with Gasteiger partial charge < -0.3 is 28.9 Å². The number of aryl methyl sites for hydroxylation is 1. The topological polar surface area (TPSA) is 128 Å². The van der Waals surface area contributed by atoms with Crippen LogP contribution < -0.4 is 9.47 Å². The zero-order chi connectivity index (χ0) is 37.7. The van der Waals surface area contributed by atoms with Crippen molar-refractivity contribution in [3.05, 3.63) is 129 Å². The molecule has 0 saturated carbocycles. The fourth-order valence-corrected chi connectivity index (χ4v) is 10.3. The predicted molar refractivity (Wildman–Crippen MR) is 201 cm³/mol. The summed E-state index contributed by atoms with van der Waals surface area (Å²) in [7, 11) is 1.51. The molecule has 1 heterocycles. The van der Waals surface area contributed by atoms with Gasteiger partial charge in [0.25, 0.3) is 5.88 Å². The number of aromatic hydroxyl groups is 1. The van der Waals surface area contributed by atoms with Crippen molar-refractivity contribution in [1.29, 1.82) is 0 Å². The fourth-order valence-electron chi connectivity index (χ4n) is 10.3. The van der Waals surface area contributed by atoms with Gasteiger partial charge in [0.05, 0.1) is 17.1 Å². The highest BCUT2D eigenvalue weighted by Gasteiger charge is 2.65. The second kappa shape index (κ2) is 12.1. The third-order valence-corrected chi connectivity index (χ3v) is 13.0. The Morgan fingerprint density at radius 1 is 0.907 bits per heavy atom. The molecule has 4 aliphatic rings. The van der Waals surface area contributed by atoms with Crippen LogP contribution in [-0.4, -0.2) is 39.6 Å². The van der Waals surface area contributed by atoms with Gasteiger partial charge in [-0.3, -0.25) is 9.59 Å². The number of methoxy groups -OCH3 is 1. The molecule has 5 aromatic rings. The van der Waals surface area contributed by atoms with E-state index in [-0.39, 0.29) is 53.6 Å². The van der Waals surface area contributed by atoms with Gasteiger partial charge in [-0.1, -0.05) is 86.2 Å². The lowest BCUT2D eigenvalue weighted by Crippen LogP contribution is -2.60. The third-order valence-electron chi connectivity index (χ3n) is 13.0. The molecule has 0 fully saturated rings. The second-order valence-corrected chi connectivity index (χ2v) is 16.1. The largest absolute Gasteiger partial charge is 0.506 e. The molecule has 4 atom stereocenters. The van der Waals surface area contributed by atoms with Crippen LogP contribution in [0, 0.1) is 18.3 Å². The van der Waals surface area contributed by atoms with Crippen LogP contribution in [0.2, 0.25) is 0 Å². The van der Waals surface area contributed by atoms with Crippen molar-refractivity contribution in [2.45, 2.75) is 83.7 Å². The lowest BCUT2D eigenvalue weighted by atomic mass is 9.53. The number of hydrogen-bond donors (Lipinski definition) is 2. The number of fused-ring (bicyclic) bond motifs is 5. The first kappa shape index (κ1) is 34.5. The minimum absolute atomic E-state index is 0.0110. The van der Waals surface area contributed by atoms with Crippen molar-refractivity contribution in [1.82, 2.24) is 5.16 Å². The SMILES string of the molecule is CO[C@@H]1c2c(c(O)c3c(OCc4ccccc4)cc(C)c4c3c2C[C@]42C(C)=CCCC2(C)C)C(=O)[C@]2(O)C(=O)c3c(OCc4ccccc4)noc3C[C@H]12. The molecule has 0 radical (unpaired) electrons. The molecule has 9 nitrogen and oxygen atoms in total. The number of aromatic nitrogens is 1. The Hall–Kier alpha value is -5.25. The summed E-state index contributed by atoms with van der Waals surface area (Å²) >= 11 is 0. The van der Waals surface area contributed by atoms with Crippen molar-refractivity contribution in [2.75, 3.05) is 7.11 Å². The van der Waals surface area contributed by atoms with Crippen LogP contribution in [0.4, 0.5) is 0 Å². The molecule has 2 N–H and O–H groups in total. The lowest BCUT2D eigenvalue weighted by Gasteiger charge is -2.50. The number of nitrogens with zero attached hydrogens (tertiary/aromatic N) is 1. The smallest absolute Gasteiger partial charge is 0.265 e. The van der Waals surface area contributed by atoms with Gasteiger partial charge in [0, 0.05) is 24.9 Å². The van der Waals surface area contributed by atoms with E-state index in [1.165, 1.54) is 12.7 Å². The normalized spacial score (nSPS) is 25.0. The first-order valence-corrected chi connectivity index (χ1v) is 18.6. The monoisotopic (exact) mass is 725 g/mol. The number of aliphatic hydroxyl groups is 1. The molecule has 0 unspecified atom stereocenters. The van der Waals surface area contributed by atoms with Gasteiger partial charge in [-0.25, -0.2) is 0 Å². The zero-order valence-corrected chi connectivity index (χ0v) is 31.1. The van der Waals surface area contributed by atoms with Crippen molar-refractivity contribution in [2.24, 2.45) is 11.3 Å². The van der Waals surface area contributed by atoms with Gasteiger partial charge in [0.15, 0.2) is 11.4 Å². The second-order valence-electron chi connectivity index (χ2n) is 16.1. The number of carbonyl (C=O) groups is 2. The summed E-state index contributed by atoms with van der Waals surface area (Å²) in [5, 5.41) is 30.5. The highest BCUT2D eigenvalue weighted by atomic mass is 16.5. The lowest BCUT2D eigenvalue weighted by molar-refractivity contribution is -0.0607. The number of phenols is 1. The summed E-state index contributed by atoms with van der Waals surface area (Å²) in [6, 6.07) is 21.1. The number of phenolic OH excluding ortho intramolecular Hbond substituents is 1. The highest BCUT2D eigenvalue weighted by Crippen LogP contribution is 2.65. The predicted octanol–water partition coefficient (Wildman–Crippen LogP) is 8.23. The molecule has 0 bridgehead atoms. The number of allylic oxidation sites excluding steroid dienone is 2.